The Bertz CT molecular complexity index is 1000. The molecule has 1 aliphatic carbocycles. The lowest BCUT2D eigenvalue weighted by molar-refractivity contribution is -0.114. The molecule has 156 valence electrons. The Morgan fingerprint density at radius 1 is 1.24 bits per heavy atom. The number of aryl methyl sites for hydroxylation is 1. The third kappa shape index (κ3) is 4.06. The molecule has 1 amide bonds. The third-order valence-electron chi connectivity index (χ3n) is 5.83. The number of nitrogens with zero attached hydrogens (tertiary/aromatic N) is 4. The highest BCUT2D eigenvalue weighted by molar-refractivity contribution is 7.89. The smallest absolute Gasteiger partial charge is 0.245 e. The van der Waals surface area contributed by atoms with Gasteiger partial charge >= 0.3 is 0 Å². The monoisotopic (exact) mass is 417 g/mol. The average Bonchev–Trinajstić information content (AvgIpc) is 3.29. The second kappa shape index (κ2) is 7.87. The lowest BCUT2D eigenvalue weighted by atomic mass is 9.99. The van der Waals surface area contributed by atoms with Crippen LogP contribution in [0, 0.1) is 12.8 Å². The zero-order valence-electron chi connectivity index (χ0n) is 16.8. The van der Waals surface area contributed by atoms with Crippen molar-refractivity contribution in [1.82, 2.24) is 19.1 Å². The van der Waals surface area contributed by atoms with Gasteiger partial charge in [0.15, 0.2) is 0 Å². The standard InChI is InChI=1S/C20H27N5O3S/c1-14-7-8-18(22-15(2)26)19(9-14)29(27,28)24-11-16(12-24)10-20-23-21-13-25(20)17-5-3-4-6-17/h7-9,13,16-17H,3-6,10-12H2,1-2H3,(H,22,26). The van der Waals surface area contributed by atoms with E-state index in [1.807, 2.05) is 13.3 Å². The quantitative estimate of drug-likeness (QED) is 0.779. The van der Waals surface area contributed by atoms with E-state index in [9.17, 15) is 13.2 Å². The van der Waals surface area contributed by atoms with Crippen LogP contribution in [0.1, 0.15) is 50.0 Å². The van der Waals surface area contributed by atoms with Crippen molar-refractivity contribution in [2.24, 2.45) is 5.92 Å². The van der Waals surface area contributed by atoms with E-state index in [2.05, 4.69) is 20.1 Å². The molecule has 29 heavy (non-hydrogen) atoms. The predicted octanol–water partition coefficient (Wildman–Crippen LogP) is 2.52. The minimum absolute atomic E-state index is 0.153. The average molecular weight is 418 g/mol. The summed E-state index contributed by atoms with van der Waals surface area (Å²) in [7, 11) is -3.66. The number of anilines is 1. The highest BCUT2D eigenvalue weighted by atomic mass is 32.2. The summed E-state index contributed by atoms with van der Waals surface area (Å²) >= 11 is 0. The summed E-state index contributed by atoms with van der Waals surface area (Å²) in [4.78, 5) is 11.6. The van der Waals surface area contributed by atoms with Crippen LogP contribution in [0.15, 0.2) is 29.4 Å². The third-order valence-corrected chi connectivity index (χ3v) is 7.70. The molecule has 0 unspecified atom stereocenters. The largest absolute Gasteiger partial charge is 0.325 e. The summed E-state index contributed by atoms with van der Waals surface area (Å²) in [5.74, 6) is 0.884. The SMILES string of the molecule is CC(=O)Nc1ccc(C)cc1S(=O)(=O)N1CC(Cc2nncn2C2CCCC2)C1. The van der Waals surface area contributed by atoms with Gasteiger partial charge in [-0.25, -0.2) is 8.42 Å². The normalized spacial score (nSPS) is 18.7. The molecule has 4 rings (SSSR count). The minimum atomic E-state index is -3.66. The number of benzene rings is 1. The molecule has 2 heterocycles. The maximum atomic E-state index is 13.1. The molecule has 2 aliphatic rings. The van der Waals surface area contributed by atoms with Crippen molar-refractivity contribution >= 4 is 21.6 Å². The molecule has 1 aromatic heterocycles. The number of hydrogen-bond donors (Lipinski definition) is 1. The Balaban J connectivity index is 1.45. The van der Waals surface area contributed by atoms with Crippen molar-refractivity contribution in [2.75, 3.05) is 18.4 Å². The first-order chi connectivity index (χ1) is 13.8. The van der Waals surface area contributed by atoms with Crippen LogP contribution in [-0.2, 0) is 21.2 Å². The topological polar surface area (TPSA) is 97.2 Å². The molecular weight excluding hydrogens is 390 g/mol. The fourth-order valence-electron chi connectivity index (χ4n) is 4.28. The van der Waals surface area contributed by atoms with Crippen LogP contribution in [0.4, 0.5) is 5.69 Å². The van der Waals surface area contributed by atoms with Gasteiger partial charge in [-0.2, -0.15) is 4.31 Å². The number of rotatable bonds is 6. The molecule has 0 bridgehead atoms. The fraction of sp³-hybridized carbons (Fsp3) is 0.550. The maximum Gasteiger partial charge on any atom is 0.245 e. The van der Waals surface area contributed by atoms with Crippen molar-refractivity contribution in [1.29, 1.82) is 0 Å². The van der Waals surface area contributed by atoms with Crippen molar-refractivity contribution in [3.63, 3.8) is 0 Å². The molecule has 8 nitrogen and oxygen atoms in total. The zero-order chi connectivity index (χ0) is 20.6. The van der Waals surface area contributed by atoms with Crippen LogP contribution < -0.4 is 5.32 Å². The fourth-order valence-corrected chi connectivity index (χ4v) is 6.11. The number of nitrogens with one attached hydrogen (secondary N) is 1. The van der Waals surface area contributed by atoms with Gasteiger partial charge in [-0.15, -0.1) is 10.2 Å². The second-order valence-electron chi connectivity index (χ2n) is 8.17. The Hall–Kier alpha value is -2.26. The molecule has 1 saturated heterocycles. The van der Waals surface area contributed by atoms with Crippen LogP contribution in [0.3, 0.4) is 0 Å². The van der Waals surface area contributed by atoms with Gasteiger partial charge in [0.25, 0.3) is 0 Å². The number of aromatic nitrogens is 3. The van der Waals surface area contributed by atoms with Gasteiger partial charge in [0.05, 0.1) is 5.69 Å². The van der Waals surface area contributed by atoms with Crippen molar-refractivity contribution in [2.45, 2.75) is 56.9 Å². The van der Waals surface area contributed by atoms with Crippen LogP contribution >= 0.6 is 0 Å². The highest BCUT2D eigenvalue weighted by Crippen LogP contribution is 2.33. The summed E-state index contributed by atoms with van der Waals surface area (Å²) in [5.41, 5.74) is 1.16. The lowest BCUT2D eigenvalue weighted by Gasteiger charge is -2.38. The van der Waals surface area contributed by atoms with E-state index in [4.69, 9.17) is 0 Å². The van der Waals surface area contributed by atoms with E-state index in [-0.39, 0.29) is 16.7 Å². The summed E-state index contributed by atoms with van der Waals surface area (Å²) in [6, 6.07) is 5.53. The molecule has 2 aromatic rings. The maximum absolute atomic E-state index is 13.1. The first kappa shape index (κ1) is 20.0. The molecule has 0 radical (unpaired) electrons. The molecule has 2 fully saturated rings. The predicted molar refractivity (Wildman–Crippen MR) is 109 cm³/mol. The Morgan fingerprint density at radius 2 is 1.97 bits per heavy atom. The molecule has 1 aliphatic heterocycles. The molecule has 0 atom stereocenters. The molecule has 1 aromatic carbocycles. The van der Waals surface area contributed by atoms with Gasteiger partial charge in [0, 0.05) is 32.5 Å². The van der Waals surface area contributed by atoms with Gasteiger partial charge in [-0.05, 0) is 43.4 Å². The van der Waals surface area contributed by atoms with E-state index in [1.165, 1.54) is 24.1 Å². The summed E-state index contributed by atoms with van der Waals surface area (Å²) in [6.45, 7) is 4.11. The van der Waals surface area contributed by atoms with Crippen LogP contribution in [0.25, 0.3) is 0 Å². The summed E-state index contributed by atoms with van der Waals surface area (Å²) in [6.07, 6.45) is 7.35. The van der Waals surface area contributed by atoms with Crippen molar-refractivity contribution in [3.05, 3.63) is 35.9 Å². The Morgan fingerprint density at radius 3 is 2.66 bits per heavy atom. The van der Waals surface area contributed by atoms with E-state index in [0.717, 1.165) is 30.7 Å². The van der Waals surface area contributed by atoms with Gasteiger partial charge in [-0.1, -0.05) is 18.9 Å². The number of sulfonamides is 1. The molecule has 1 N–H and O–H groups in total. The van der Waals surface area contributed by atoms with Crippen LogP contribution in [0.2, 0.25) is 0 Å². The van der Waals surface area contributed by atoms with Crippen LogP contribution in [0.5, 0.6) is 0 Å². The number of carbonyl (C=O) groups is 1. The first-order valence-electron chi connectivity index (χ1n) is 10.1. The van der Waals surface area contributed by atoms with Gasteiger partial charge in [-0.3, -0.25) is 4.79 Å². The molecule has 9 heteroatoms. The number of carbonyl (C=O) groups excluding carboxylic acids is 1. The van der Waals surface area contributed by atoms with Crippen LogP contribution in [-0.4, -0.2) is 46.5 Å². The van der Waals surface area contributed by atoms with Gasteiger partial charge in [0.2, 0.25) is 15.9 Å². The summed E-state index contributed by atoms with van der Waals surface area (Å²) < 4.78 is 29.9. The summed E-state index contributed by atoms with van der Waals surface area (Å²) in [5, 5.41) is 11.0. The lowest BCUT2D eigenvalue weighted by Crippen LogP contribution is -2.50. The van der Waals surface area contributed by atoms with E-state index < -0.39 is 10.0 Å². The Kier molecular flexibility index (Phi) is 5.44. The van der Waals surface area contributed by atoms with E-state index >= 15 is 0 Å². The minimum Gasteiger partial charge on any atom is -0.325 e. The van der Waals surface area contributed by atoms with E-state index in [0.29, 0.717) is 24.8 Å². The van der Waals surface area contributed by atoms with Crippen molar-refractivity contribution in [3.8, 4) is 0 Å². The molecule has 0 spiro atoms. The molecule has 1 saturated carbocycles. The Labute approximate surface area is 171 Å². The van der Waals surface area contributed by atoms with Gasteiger partial charge in [0.1, 0.15) is 17.0 Å². The number of amides is 1. The number of hydrogen-bond acceptors (Lipinski definition) is 5. The van der Waals surface area contributed by atoms with E-state index in [1.54, 1.807) is 18.2 Å². The second-order valence-corrected chi connectivity index (χ2v) is 10.1. The van der Waals surface area contributed by atoms with Gasteiger partial charge < -0.3 is 9.88 Å². The zero-order valence-corrected chi connectivity index (χ0v) is 17.7. The molecular formula is C20H27N5O3S. The van der Waals surface area contributed by atoms with Crippen molar-refractivity contribution < 1.29 is 13.2 Å². The first-order valence-corrected chi connectivity index (χ1v) is 11.6. The highest BCUT2D eigenvalue weighted by Gasteiger charge is 2.38.